The Balaban J connectivity index is 1.67. The summed E-state index contributed by atoms with van der Waals surface area (Å²) in [7, 11) is 0. The first-order valence-corrected chi connectivity index (χ1v) is 9.72. The smallest absolute Gasteiger partial charge is 0.351 e. The summed E-state index contributed by atoms with van der Waals surface area (Å²) in [5.41, 5.74) is -0.182. The minimum atomic E-state index is -4.57. The number of halogens is 6. The molecule has 28 heavy (non-hydrogen) atoms. The maximum absolute atomic E-state index is 13.0. The van der Waals surface area contributed by atoms with Gasteiger partial charge in [0.1, 0.15) is 0 Å². The van der Waals surface area contributed by atoms with Crippen molar-refractivity contribution >= 4 is 58.1 Å². The predicted molar refractivity (Wildman–Crippen MR) is 102 cm³/mol. The number of hydrogen-bond donors (Lipinski definition) is 1. The number of nitrogens with zero attached hydrogens (tertiary/aromatic N) is 3. The first-order valence-electron chi connectivity index (χ1n) is 7.60. The fourth-order valence-electron chi connectivity index (χ4n) is 2.23. The number of carbonyl (C=O) groups is 1. The highest BCUT2D eigenvalue weighted by molar-refractivity contribution is 7.99. The molecule has 3 rings (SSSR count). The predicted octanol–water partition coefficient (Wildman–Crippen LogP) is 5.12. The number of nitrogens with one attached hydrogen (secondary N) is 1. The molecule has 2 heterocycles. The zero-order chi connectivity index (χ0) is 20.5. The monoisotopic (exact) mass is 468 g/mol. The van der Waals surface area contributed by atoms with Crippen molar-refractivity contribution in [3.63, 3.8) is 0 Å². The molecule has 1 N–H and O–H groups in total. The second-order valence-electron chi connectivity index (χ2n) is 5.55. The van der Waals surface area contributed by atoms with E-state index in [1.54, 1.807) is 18.2 Å². The Morgan fingerprint density at radius 3 is 2.57 bits per heavy atom. The van der Waals surface area contributed by atoms with E-state index < -0.39 is 11.7 Å². The van der Waals surface area contributed by atoms with Gasteiger partial charge in [0, 0.05) is 22.8 Å². The van der Waals surface area contributed by atoms with Gasteiger partial charge in [-0.1, -0.05) is 52.6 Å². The Bertz CT molecular complexity index is 1040. The average Bonchev–Trinajstić information content (AvgIpc) is 3.02. The van der Waals surface area contributed by atoms with Crippen molar-refractivity contribution in [3.8, 4) is 0 Å². The number of aromatic nitrogens is 3. The van der Waals surface area contributed by atoms with E-state index in [9.17, 15) is 18.0 Å². The van der Waals surface area contributed by atoms with Crippen molar-refractivity contribution in [1.82, 2.24) is 19.9 Å². The van der Waals surface area contributed by atoms with Crippen molar-refractivity contribution in [2.45, 2.75) is 17.9 Å². The van der Waals surface area contributed by atoms with E-state index in [0.717, 1.165) is 28.4 Å². The van der Waals surface area contributed by atoms with E-state index in [1.807, 2.05) is 0 Å². The lowest BCUT2D eigenvalue weighted by molar-refractivity contribution is -0.137. The van der Waals surface area contributed by atoms with Gasteiger partial charge in [0.25, 0.3) is 0 Å². The van der Waals surface area contributed by atoms with E-state index in [4.69, 9.17) is 34.8 Å². The van der Waals surface area contributed by atoms with Crippen LogP contribution in [0.15, 0.2) is 35.6 Å². The van der Waals surface area contributed by atoms with Gasteiger partial charge in [-0.15, -0.1) is 10.2 Å². The second-order valence-corrected chi connectivity index (χ2v) is 7.75. The highest BCUT2D eigenvalue weighted by Gasteiger charge is 2.32. The first kappa shape index (κ1) is 21.0. The summed E-state index contributed by atoms with van der Waals surface area (Å²) in [4.78, 5) is 12.1. The minimum Gasteiger partial charge on any atom is -0.351 e. The first-order chi connectivity index (χ1) is 13.1. The molecule has 0 radical (unpaired) electrons. The molecule has 5 nitrogen and oxygen atoms in total. The SMILES string of the molecule is O=C(CSc1nnc2c(Cl)cc(C(F)(F)F)cn12)NCc1ccc(Cl)cc1Cl. The van der Waals surface area contributed by atoms with Crippen LogP contribution >= 0.6 is 46.6 Å². The molecule has 0 spiro atoms. The summed E-state index contributed by atoms with van der Waals surface area (Å²) in [6.45, 7) is 0.181. The van der Waals surface area contributed by atoms with Crippen LogP contribution in [0.1, 0.15) is 11.1 Å². The van der Waals surface area contributed by atoms with Gasteiger partial charge in [0.15, 0.2) is 10.8 Å². The zero-order valence-electron chi connectivity index (χ0n) is 13.7. The molecular weight excluding hydrogens is 460 g/mol. The third-order valence-electron chi connectivity index (χ3n) is 3.58. The van der Waals surface area contributed by atoms with E-state index in [2.05, 4.69) is 15.5 Å². The highest BCUT2D eigenvalue weighted by atomic mass is 35.5. The maximum Gasteiger partial charge on any atom is 0.417 e. The van der Waals surface area contributed by atoms with E-state index >= 15 is 0 Å². The molecule has 148 valence electrons. The van der Waals surface area contributed by atoms with Crippen LogP contribution in [0.2, 0.25) is 15.1 Å². The molecule has 0 saturated carbocycles. The molecule has 0 unspecified atom stereocenters. The van der Waals surface area contributed by atoms with Gasteiger partial charge >= 0.3 is 6.18 Å². The topological polar surface area (TPSA) is 59.3 Å². The highest BCUT2D eigenvalue weighted by Crippen LogP contribution is 2.33. The molecule has 0 aliphatic rings. The number of rotatable bonds is 5. The van der Waals surface area contributed by atoms with Crippen LogP contribution in [0.3, 0.4) is 0 Å². The summed E-state index contributed by atoms with van der Waals surface area (Å²) >= 11 is 18.6. The number of fused-ring (bicyclic) bond motifs is 1. The molecule has 0 atom stereocenters. The zero-order valence-corrected chi connectivity index (χ0v) is 16.8. The third-order valence-corrected chi connectivity index (χ3v) is 5.39. The van der Waals surface area contributed by atoms with Crippen molar-refractivity contribution in [2.75, 3.05) is 5.75 Å². The average molecular weight is 470 g/mol. The van der Waals surface area contributed by atoms with Gasteiger partial charge in [0.2, 0.25) is 5.91 Å². The molecule has 1 amide bonds. The van der Waals surface area contributed by atoms with Crippen molar-refractivity contribution in [3.05, 3.63) is 56.7 Å². The van der Waals surface area contributed by atoms with Crippen LogP contribution in [0.5, 0.6) is 0 Å². The van der Waals surface area contributed by atoms with E-state index in [-0.39, 0.29) is 34.0 Å². The number of alkyl halides is 3. The Morgan fingerprint density at radius 2 is 1.89 bits per heavy atom. The Labute approximate surface area is 176 Å². The lowest BCUT2D eigenvalue weighted by atomic mass is 10.2. The van der Waals surface area contributed by atoms with Crippen LogP contribution in [-0.4, -0.2) is 26.3 Å². The molecule has 0 fully saturated rings. The third kappa shape index (κ3) is 4.83. The molecule has 0 aliphatic carbocycles. The maximum atomic E-state index is 13.0. The van der Waals surface area contributed by atoms with Gasteiger partial charge in [0.05, 0.1) is 16.3 Å². The number of benzene rings is 1. The Kier molecular flexibility index (Phi) is 6.28. The standard InChI is InChI=1S/C16H10Cl3F3N4OS/c17-10-2-1-8(11(18)4-10)5-23-13(27)7-28-15-25-24-14-12(19)3-9(6-26(14)15)16(20,21)22/h1-4,6H,5,7H2,(H,23,27). The lowest BCUT2D eigenvalue weighted by Crippen LogP contribution is -2.24. The van der Waals surface area contributed by atoms with Gasteiger partial charge in [-0.3, -0.25) is 9.20 Å². The second kappa shape index (κ2) is 8.36. The lowest BCUT2D eigenvalue weighted by Gasteiger charge is -2.09. The van der Waals surface area contributed by atoms with Crippen LogP contribution in [0.4, 0.5) is 13.2 Å². The van der Waals surface area contributed by atoms with Crippen LogP contribution in [-0.2, 0) is 17.5 Å². The van der Waals surface area contributed by atoms with E-state index in [1.165, 1.54) is 0 Å². The number of thioether (sulfide) groups is 1. The van der Waals surface area contributed by atoms with Crippen LogP contribution in [0, 0.1) is 0 Å². The summed E-state index contributed by atoms with van der Waals surface area (Å²) < 4.78 is 40.0. The van der Waals surface area contributed by atoms with Crippen molar-refractivity contribution in [1.29, 1.82) is 0 Å². The number of amides is 1. The molecule has 12 heteroatoms. The molecule has 0 saturated heterocycles. The summed E-state index contributed by atoms with van der Waals surface area (Å²) in [6.07, 6.45) is -3.73. The normalized spacial score (nSPS) is 11.8. The molecule has 1 aromatic carbocycles. The number of carbonyl (C=O) groups excluding carboxylic acids is 1. The minimum absolute atomic E-state index is 0.0746. The molecule has 0 aliphatic heterocycles. The molecular formula is C16H10Cl3F3N4OS. The fraction of sp³-hybridized carbons (Fsp3) is 0.188. The summed E-state index contributed by atoms with van der Waals surface area (Å²) in [6, 6.07) is 5.67. The van der Waals surface area contributed by atoms with E-state index in [0.29, 0.717) is 15.6 Å². The molecule has 2 aromatic heterocycles. The fourth-order valence-corrected chi connectivity index (χ4v) is 3.69. The molecule has 0 bridgehead atoms. The quantitative estimate of drug-likeness (QED) is 0.527. The summed E-state index contributed by atoms with van der Waals surface area (Å²) in [5.74, 6) is -0.439. The largest absolute Gasteiger partial charge is 0.417 e. The van der Waals surface area contributed by atoms with Gasteiger partial charge in [-0.05, 0) is 23.8 Å². The van der Waals surface area contributed by atoms with Crippen LogP contribution < -0.4 is 5.32 Å². The Morgan fingerprint density at radius 1 is 1.14 bits per heavy atom. The van der Waals surface area contributed by atoms with Gasteiger partial charge in [-0.2, -0.15) is 13.2 Å². The summed E-state index contributed by atoms with van der Waals surface area (Å²) in [5, 5.41) is 11.1. The van der Waals surface area contributed by atoms with Gasteiger partial charge in [-0.25, -0.2) is 0 Å². The van der Waals surface area contributed by atoms with Crippen molar-refractivity contribution in [2.24, 2.45) is 0 Å². The molecule has 3 aromatic rings. The van der Waals surface area contributed by atoms with Crippen molar-refractivity contribution < 1.29 is 18.0 Å². The Hall–Kier alpha value is -1.68. The van der Waals surface area contributed by atoms with Gasteiger partial charge < -0.3 is 5.32 Å². The number of hydrogen-bond acceptors (Lipinski definition) is 4. The van der Waals surface area contributed by atoms with Crippen LogP contribution in [0.25, 0.3) is 5.65 Å². The number of pyridine rings is 1.